The van der Waals surface area contributed by atoms with E-state index in [-0.39, 0.29) is 22.5 Å². The number of primary sulfonamides is 1. The zero-order chi connectivity index (χ0) is 17.6. The second kappa shape index (κ2) is 5.46. The van der Waals surface area contributed by atoms with Gasteiger partial charge < -0.3 is 8.98 Å². The molecule has 3 aromatic rings. The van der Waals surface area contributed by atoms with Gasteiger partial charge in [-0.2, -0.15) is 0 Å². The Bertz CT molecular complexity index is 1170. The Morgan fingerprint density at radius 1 is 1.17 bits per heavy atom. The van der Waals surface area contributed by atoms with Crippen LogP contribution in [0.3, 0.4) is 0 Å². The fourth-order valence-corrected chi connectivity index (χ4v) is 3.46. The lowest BCUT2D eigenvalue weighted by atomic mass is 10.0. The van der Waals surface area contributed by atoms with Gasteiger partial charge in [0.15, 0.2) is 11.1 Å². The van der Waals surface area contributed by atoms with Crippen molar-refractivity contribution in [1.29, 1.82) is 0 Å². The normalized spacial score (nSPS) is 12.0. The van der Waals surface area contributed by atoms with E-state index in [0.717, 1.165) is 11.1 Å². The van der Waals surface area contributed by atoms with E-state index in [1.807, 2.05) is 0 Å². The van der Waals surface area contributed by atoms with Gasteiger partial charge in [-0.25, -0.2) is 18.4 Å². The monoisotopic (exact) mass is 349 g/mol. The molecule has 2 aromatic heterocycles. The van der Waals surface area contributed by atoms with Gasteiger partial charge in [0.25, 0.3) is 5.56 Å². The molecular weight excluding hydrogens is 334 g/mol. The standard InChI is InChI=1S/C15H15N3O5S/c1-8-9(2)12(24(16,21)22)4-3-10(8)7-18-6-5-11-13(14(18)19)17-15(20)23-11/h3-6H,7H2,1-2H3,(H,17,20)(H2,16,21,22). The van der Waals surface area contributed by atoms with Crippen LogP contribution in [0.25, 0.3) is 11.1 Å². The molecule has 0 atom stereocenters. The Morgan fingerprint density at radius 3 is 2.54 bits per heavy atom. The summed E-state index contributed by atoms with van der Waals surface area (Å²) in [4.78, 5) is 26.0. The van der Waals surface area contributed by atoms with Crippen LogP contribution in [0.15, 0.2) is 43.3 Å². The van der Waals surface area contributed by atoms with Crippen LogP contribution in [0, 0.1) is 13.8 Å². The predicted molar refractivity (Wildman–Crippen MR) is 87.5 cm³/mol. The van der Waals surface area contributed by atoms with Crippen molar-refractivity contribution in [3.05, 3.63) is 62.0 Å². The molecule has 0 aliphatic carbocycles. The minimum absolute atomic E-state index is 0.0608. The van der Waals surface area contributed by atoms with E-state index in [2.05, 4.69) is 4.98 Å². The molecule has 0 spiro atoms. The summed E-state index contributed by atoms with van der Waals surface area (Å²) in [5.74, 6) is -0.690. The van der Waals surface area contributed by atoms with E-state index >= 15 is 0 Å². The van der Waals surface area contributed by atoms with Crippen LogP contribution < -0.4 is 16.5 Å². The number of hydrogen-bond acceptors (Lipinski definition) is 5. The van der Waals surface area contributed by atoms with Crippen molar-refractivity contribution in [2.45, 2.75) is 25.3 Å². The van der Waals surface area contributed by atoms with Crippen molar-refractivity contribution < 1.29 is 12.8 Å². The van der Waals surface area contributed by atoms with E-state index in [0.29, 0.717) is 5.56 Å². The number of rotatable bonds is 3. The van der Waals surface area contributed by atoms with Crippen LogP contribution in [0.2, 0.25) is 0 Å². The minimum atomic E-state index is -3.80. The van der Waals surface area contributed by atoms with Crippen LogP contribution in [0.5, 0.6) is 0 Å². The molecular formula is C15H15N3O5S. The Kier molecular flexibility index (Phi) is 3.69. The number of hydrogen-bond donors (Lipinski definition) is 2. The van der Waals surface area contributed by atoms with Crippen LogP contribution in [0.1, 0.15) is 16.7 Å². The SMILES string of the molecule is Cc1c(Cn2ccc3oc(=O)[nH]c3c2=O)ccc(S(N)(=O)=O)c1C. The molecule has 9 heteroatoms. The van der Waals surface area contributed by atoms with Crippen molar-refractivity contribution >= 4 is 21.1 Å². The molecule has 1 aromatic carbocycles. The number of nitrogens with zero attached hydrogens (tertiary/aromatic N) is 1. The maximum Gasteiger partial charge on any atom is 0.417 e. The van der Waals surface area contributed by atoms with Crippen LogP contribution in [-0.4, -0.2) is 18.0 Å². The summed E-state index contributed by atoms with van der Waals surface area (Å²) in [6.07, 6.45) is 1.52. The number of pyridine rings is 1. The van der Waals surface area contributed by atoms with E-state index in [4.69, 9.17) is 9.56 Å². The average Bonchev–Trinajstić information content (AvgIpc) is 2.87. The Hall–Kier alpha value is -2.65. The van der Waals surface area contributed by atoms with E-state index in [9.17, 15) is 18.0 Å². The Morgan fingerprint density at radius 2 is 1.88 bits per heavy atom. The molecule has 8 nitrogen and oxygen atoms in total. The Labute approximate surface area is 136 Å². The van der Waals surface area contributed by atoms with Gasteiger partial charge in [0.05, 0.1) is 11.4 Å². The molecule has 3 rings (SSSR count). The summed E-state index contributed by atoms with van der Waals surface area (Å²) in [7, 11) is -3.80. The number of benzene rings is 1. The van der Waals surface area contributed by atoms with Gasteiger partial charge >= 0.3 is 5.76 Å². The second-order valence-corrected chi connectivity index (χ2v) is 7.05. The summed E-state index contributed by atoms with van der Waals surface area (Å²) in [5, 5.41) is 5.19. The highest BCUT2D eigenvalue weighted by atomic mass is 32.2. The lowest BCUT2D eigenvalue weighted by molar-refractivity contribution is 0.555. The number of nitrogens with two attached hydrogens (primary N) is 1. The number of fused-ring (bicyclic) bond motifs is 1. The highest BCUT2D eigenvalue weighted by molar-refractivity contribution is 7.89. The van der Waals surface area contributed by atoms with Crippen molar-refractivity contribution in [1.82, 2.24) is 9.55 Å². The van der Waals surface area contributed by atoms with Gasteiger partial charge in [-0.1, -0.05) is 6.07 Å². The highest BCUT2D eigenvalue weighted by Gasteiger charge is 2.16. The molecule has 0 fully saturated rings. The quantitative estimate of drug-likeness (QED) is 0.715. The molecule has 2 heterocycles. The van der Waals surface area contributed by atoms with Crippen LogP contribution in [-0.2, 0) is 16.6 Å². The van der Waals surface area contributed by atoms with Gasteiger partial charge in [-0.15, -0.1) is 0 Å². The smallest absolute Gasteiger partial charge is 0.408 e. The maximum absolute atomic E-state index is 12.4. The first-order valence-corrected chi connectivity index (χ1v) is 8.57. The second-order valence-electron chi connectivity index (χ2n) is 5.52. The van der Waals surface area contributed by atoms with Crippen molar-refractivity contribution in [2.24, 2.45) is 5.14 Å². The lowest BCUT2D eigenvalue weighted by Gasteiger charge is -2.13. The topological polar surface area (TPSA) is 128 Å². The molecule has 0 aliphatic rings. The molecule has 0 saturated carbocycles. The average molecular weight is 349 g/mol. The minimum Gasteiger partial charge on any atom is -0.408 e. The molecule has 24 heavy (non-hydrogen) atoms. The molecule has 0 bridgehead atoms. The van der Waals surface area contributed by atoms with Gasteiger partial charge in [0, 0.05) is 6.20 Å². The van der Waals surface area contributed by atoms with Gasteiger partial charge in [0.1, 0.15) is 0 Å². The number of oxazole rings is 1. The fraction of sp³-hybridized carbons (Fsp3) is 0.200. The molecule has 126 valence electrons. The first kappa shape index (κ1) is 16.2. The van der Waals surface area contributed by atoms with E-state index in [1.165, 1.54) is 22.9 Å². The summed E-state index contributed by atoms with van der Waals surface area (Å²) in [6.45, 7) is 3.65. The summed E-state index contributed by atoms with van der Waals surface area (Å²) < 4.78 is 29.4. The molecule has 0 saturated heterocycles. The van der Waals surface area contributed by atoms with Crippen molar-refractivity contribution in [3.8, 4) is 0 Å². The van der Waals surface area contributed by atoms with Gasteiger partial charge in [-0.05, 0) is 42.7 Å². The maximum atomic E-state index is 12.4. The third kappa shape index (κ3) is 2.68. The summed E-state index contributed by atoms with van der Waals surface area (Å²) >= 11 is 0. The summed E-state index contributed by atoms with van der Waals surface area (Å²) in [5.41, 5.74) is 1.94. The lowest BCUT2D eigenvalue weighted by Crippen LogP contribution is -2.21. The third-order valence-electron chi connectivity index (χ3n) is 4.05. The molecule has 0 aliphatic heterocycles. The number of aromatic nitrogens is 2. The molecule has 0 unspecified atom stereocenters. The first-order valence-electron chi connectivity index (χ1n) is 7.02. The van der Waals surface area contributed by atoms with Crippen molar-refractivity contribution in [3.63, 3.8) is 0 Å². The largest absolute Gasteiger partial charge is 0.417 e. The zero-order valence-corrected chi connectivity index (χ0v) is 13.8. The van der Waals surface area contributed by atoms with Gasteiger partial charge in [-0.3, -0.25) is 9.78 Å². The molecule has 0 radical (unpaired) electrons. The summed E-state index contributed by atoms with van der Waals surface area (Å²) in [6, 6.07) is 4.57. The number of H-pyrrole nitrogens is 1. The fourth-order valence-electron chi connectivity index (χ4n) is 2.62. The number of nitrogens with one attached hydrogen (secondary N) is 1. The van der Waals surface area contributed by atoms with Gasteiger partial charge in [0.2, 0.25) is 10.0 Å². The molecule has 0 amide bonds. The van der Waals surface area contributed by atoms with Crippen molar-refractivity contribution in [2.75, 3.05) is 0 Å². The van der Waals surface area contributed by atoms with Crippen LogP contribution >= 0.6 is 0 Å². The van der Waals surface area contributed by atoms with Crippen LogP contribution in [0.4, 0.5) is 0 Å². The third-order valence-corrected chi connectivity index (χ3v) is 5.11. The number of sulfonamides is 1. The highest BCUT2D eigenvalue weighted by Crippen LogP contribution is 2.21. The zero-order valence-electron chi connectivity index (χ0n) is 13.0. The molecule has 3 N–H and O–H groups in total. The Balaban J connectivity index is 2.09. The van der Waals surface area contributed by atoms with E-state index < -0.39 is 21.3 Å². The predicted octanol–water partition coefficient (Wildman–Crippen LogP) is 0.595. The van der Waals surface area contributed by atoms with E-state index in [1.54, 1.807) is 19.9 Å². The first-order chi connectivity index (χ1) is 11.2. The number of aromatic amines is 1.